The van der Waals surface area contributed by atoms with Gasteiger partial charge in [-0.05, 0) is 49.8 Å². The number of carbonyl (C=O) groups is 1. The molecule has 0 bridgehead atoms. The van der Waals surface area contributed by atoms with Crippen LogP contribution in [0.15, 0.2) is 18.2 Å². The summed E-state index contributed by atoms with van der Waals surface area (Å²) in [4.78, 5) is 14.1. The van der Waals surface area contributed by atoms with E-state index in [4.69, 9.17) is 5.26 Å². The van der Waals surface area contributed by atoms with Crippen molar-refractivity contribution in [1.29, 1.82) is 5.26 Å². The summed E-state index contributed by atoms with van der Waals surface area (Å²) in [5, 5.41) is 11.8. The summed E-state index contributed by atoms with van der Waals surface area (Å²) >= 11 is 0. The Hall–Kier alpha value is -2.09. The SMILES string of the molecule is N#Cc1ccc(N2CCCC(C(=O)NCC3CC3)C2)c(F)c1. The van der Waals surface area contributed by atoms with Gasteiger partial charge in [-0.25, -0.2) is 4.39 Å². The Kier molecular flexibility index (Phi) is 4.28. The van der Waals surface area contributed by atoms with Gasteiger partial charge in [0.25, 0.3) is 0 Å². The maximum absolute atomic E-state index is 14.1. The van der Waals surface area contributed by atoms with E-state index in [2.05, 4.69) is 5.32 Å². The number of nitrogens with zero attached hydrogens (tertiary/aromatic N) is 2. The molecule has 1 aromatic carbocycles. The highest BCUT2D eigenvalue weighted by atomic mass is 19.1. The van der Waals surface area contributed by atoms with Crippen LogP contribution in [0, 0.1) is 29.0 Å². The Balaban J connectivity index is 1.64. The van der Waals surface area contributed by atoms with E-state index in [1.54, 1.807) is 12.1 Å². The molecule has 1 heterocycles. The first-order valence-electron chi connectivity index (χ1n) is 7.89. The lowest BCUT2D eigenvalue weighted by molar-refractivity contribution is -0.125. The van der Waals surface area contributed by atoms with Crippen LogP contribution in [0.5, 0.6) is 0 Å². The number of halogens is 1. The largest absolute Gasteiger partial charge is 0.368 e. The lowest BCUT2D eigenvalue weighted by Gasteiger charge is -2.34. The third-order valence-corrected chi connectivity index (χ3v) is 4.47. The van der Waals surface area contributed by atoms with Crippen molar-refractivity contribution in [1.82, 2.24) is 5.32 Å². The maximum atomic E-state index is 14.1. The second-order valence-electron chi connectivity index (χ2n) is 6.25. The topological polar surface area (TPSA) is 56.1 Å². The number of nitriles is 1. The van der Waals surface area contributed by atoms with Crippen LogP contribution in [0.1, 0.15) is 31.2 Å². The van der Waals surface area contributed by atoms with Gasteiger partial charge in [0.15, 0.2) is 0 Å². The zero-order valence-corrected chi connectivity index (χ0v) is 12.5. The van der Waals surface area contributed by atoms with Gasteiger partial charge in [0.05, 0.1) is 23.2 Å². The zero-order valence-electron chi connectivity index (χ0n) is 12.5. The fourth-order valence-electron chi connectivity index (χ4n) is 2.95. The zero-order chi connectivity index (χ0) is 15.5. The standard InChI is InChI=1S/C17H20FN3O/c18-15-8-13(9-19)5-6-16(15)21-7-1-2-14(11-21)17(22)20-10-12-3-4-12/h5-6,8,12,14H,1-4,7,10-11H2,(H,20,22). The minimum Gasteiger partial charge on any atom is -0.368 e. The molecule has 116 valence electrons. The van der Waals surface area contributed by atoms with E-state index in [1.165, 1.54) is 18.9 Å². The lowest BCUT2D eigenvalue weighted by atomic mass is 9.96. The molecule has 1 atom stereocenters. The molecule has 1 unspecified atom stereocenters. The van der Waals surface area contributed by atoms with Crippen LogP contribution in [0.25, 0.3) is 0 Å². The van der Waals surface area contributed by atoms with Crippen molar-refractivity contribution in [3.8, 4) is 6.07 Å². The molecule has 4 nitrogen and oxygen atoms in total. The normalized spacial score (nSPS) is 21.3. The Morgan fingerprint density at radius 1 is 1.41 bits per heavy atom. The average molecular weight is 301 g/mol. The summed E-state index contributed by atoms with van der Waals surface area (Å²) in [7, 11) is 0. The van der Waals surface area contributed by atoms with Crippen molar-refractivity contribution < 1.29 is 9.18 Å². The van der Waals surface area contributed by atoms with Crippen LogP contribution in [-0.4, -0.2) is 25.5 Å². The van der Waals surface area contributed by atoms with E-state index in [0.29, 0.717) is 23.7 Å². The molecule has 0 spiro atoms. The molecule has 1 aliphatic heterocycles. The van der Waals surface area contributed by atoms with E-state index in [0.717, 1.165) is 25.9 Å². The van der Waals surface area contributed by atoms with E-state index < -0.39 is 5.82 Å². The summed E-state index contributed by atoms with van der Waals surface area (Å²) < 4.78 is 14.1. The number of amides is 1. The van der Waals surface area contributed by atoms with Gasteiger partial charge >= 0.3 is 0 Å². The number of piperidine rings is 1. The van der Waals surface area contributed by atoms with Crippen molar-refractivity contribution in [2.24, 2.45) is 11.8 Å². The van der Waals surface area contributed by atoms with Crippen LogP contribution < -0.4 is 10.2 Å². The number of hydrogen-bond acceptors (Lipinski definition) is 3. The Bertz CT molecular complexity index is 606. The molecule has 1 amide bonds. The van der Waals surface area contributed by atoms with Gasteiger partial charge in [-0.15, -0.1) is 0 Å². The monoisotopic (exact) mass is 301 g/mol. The summed E-state index contributed by atoms with van der Waals surface area (Å²) in [6.45, 7) is 2.06. The van der Waals surface area contributed by atoms with Gasteiger partial charge in [0, 0.05) is 19.6 Å². The number of rotatable bonds is 4. The van der Waals surface area contributed by atoms with Crippen LogP contribution in [0.2, 0.25) is 0 Å². The van der Waals surface area contributed by atoms with Gasteiger partial charge in [-0.2, -0.15) is 5.26 Å². The molecule has 1 aromatic rings. The number of carbonyl (C=O) groups excluding carboxylic acids is 1. The van der Waals surface area contributed by atoms with Gasteiger partial charge in [0.2, 0.25) is 5.91 Å². The predicted octanol–water partition coefficient (Wildman–Crippen LogP) is 2.44. The van der Waals surface area contributed by atoms with Crippen LogP contribution in [-0.2, 0) is 4.79 Å². The predicted molar refractivity (Wildman–Crippen MR) is 81.8 cm³/mol. The van der Waals surface area contributed by atoms with Gasteiger partial charge in [-0.3, -0.25) is 4.79 Å². The number of benzene rings is 1. The van der Waals surface area contributed by atoms with Crippen molar-refractivity contribution in [3.05, 3.63) is 29.6 Å². The van der Waals surface area contributed by atoms with Gasteiger partial charge in [0.1, 0.15) is 5.82 Å². The molecule has 1 saturated heterocycles. The molecule has 1 aliphatic carbocycles. The summed E-state index contributed by atoms with van der Waals surface area (Å²) in [5.41, 5.74) is 0.802. The molecule has 22 heavy (non-hydrogen) atoms. The van der Waals surface area contributed by atoms with Crippen molar-refractivity contribution in [3.63, 3.8) is 0 Å². The average Bonchev–Trinajstić information content (AvgIpc) is 3.37. The Morgan fingerprint density at radius 3 is 2.91 bits per heavy atom. The summed E-state index contributed by atoms with van der Waals surface area (Å²) in [6.07, 6.45) is 4.16. The minimum atomic E-state index is -0.391. The fourth-order valence-corrected chi connectivity index (χ4v) is 2.95. The minimum absolute atomic E-state index is 0.0810. The number of nitrogens with one attached hydrogen (secondary N) is 1. The van der Waals surface area contributed by atoms with Crippen LogP contribution >= 0.6 is 0 Å². The molecule has 3 rings (SSSR count). The van der Waals surface area contributed by atoms with E-state index >= 15 is 0 Å². The molecular formula is C17H20FN3O. The first-order chi connectivity index (χ1) is 10.7. The summed E-state index contributed by atoms with van der Waals surface area (Å²) in [5.74, 6) is 0.283. The van der Waals surface area contributed by atoms with E-state index in [-0.39, 0.29) is 11.8 Å². The maximum Gasteiger partial charge on any atom is 0.224 e. The quantitative estimate of drug-likeness (QED) is 0.929. The molecule has 0 aromatic heterocycles. The van der Waals surface area contributed by atoms with E-state index in [9.17, 15) is 9.18 Å². The smallest absolute Gasteiger partial charge is 0.224 e. The molecular weight excluding hydrogens is 281 g/mol. The summed E-state index contributed by atoms with van der Waals surface area (Å²) in [6, 6.07) is 6.45. The second-order valence-corrected chi connectivity index (χ2v) is 6.25. The van der Waals surface area contributed by atoms with E-state index in [1.807, 2.05) is 11.0 Å². The fraction of sp³-hybridized carbons (Fsp3) is 0.529. The molecule has 1 saturated carbocycles. The molecule has 0 radical (unpaired) electrons. The lowest BCUT2D eigenvalue weighted by Crippen LogP contribution is -2.43. The molecule has 5 heteroatoms. The molecule has 2 aliphatic rings. The first kappa shape index (κ1) is 14.8. The number of hydrogen-bond donors (Lipinski definition) is 1. The third kappa shape index (κ3) is 3.38. The highest BCUT2D eigenvalue weighted by molar-refractivity contribution is 5.79. The third-order valence-electron chi connectivity index (χ3n) is 4.47. The van der Waals surface area contributed by atoms with Crippen molar-refractivity contribution in [2.75, 3.05) is 24.5 Å². The van der Waals surface area contributed by atoms with Gasteiger partial charge in [-0.1, -0.05) is 0 Å². The van der Waals surface area contributed by atoms with Crippen LogP contribution in [0.3, 0.4) is 0 Å². The van der Waals surface area contributed by atoms with Crippen molar-refractivity contribution in [2.45, 2.75) is 25.7 Å². The second kappa shape index (κ2) is 6.35. The Labute approximate surface area is 129 Å². The number of anilines is 1. The van der Waals surface area contributed by atoms with Crippen LogP contribution in [0.4, 0.5) is 10.1 Å². The Morgan fingerprint density at radius 2 is 2.23 bits per heavy atom. The highest BCUT2D eigenvalue weighted by Gasteiger charge is 2.29. The highest BCUT2D eigenvalue weighted by Crippen LogP contribution is 2.29. The molecule has 2 fully saturated rings. The van der Waals surface area contributed by atoms with Crippen molar-refractivity contribution >= 4 is 11.6 Å². The molecule has 1 N–H and O–H groups in total. The van der Waals surface area contributed by atoms with Gasteiger partial charge < -0.3 is 10.2 Å². The first-order valence-corrected chi connectivity index (χ1v) is 7.89.